The van der Waals surface area contributed by atoms with E-state index in [0.29, 0.717) is 24.4 Å². The van der Waals surface area contributed by atoms with E-state index in [1.54, 1.807) is 0 Å². The summed E-state index contributed by atoms with van der Waals surface area (Å²) in [6, 6.07) is 43.9. The number of hydrogen-bond donors (Lipinski definition) is 2. The summed E-state index contributed by atoms with van der Waals surface area (Å²) >= 11 is 0. The van der Waals surface area contributed by atoms with E-state index in [1.165, 1.54) is 47.9 Å². The fourth-order valence-corrected chi connectivity index (χ4v) is 7.10. The minimum atomic E-state index is 0.302. The number of aliphatic hydroxyl groups is 1. The van der Waals surface area contributed by atoms with Crippen molar-refractivity contribution in [2.45, 2.75) is 43.9 Å². The Balaban J connectivity index is 0.000000171. The van der Waals surface area contributed by atoms with E-state index in [2.05, 4.69) is 132 Å². The molecule has 4 aromatic carbocycles. The van der Waals surface area contributed by atoms with Crippen LogP contribution in [0.25, 0.3) is 0 Å². The zero-order valence-electron chi connectivity index (χ0n) is 25.0. The summed E-state index contributed by atoms with van der Waals surface area (Å²) in [7, 11) is 0. The summed E-state index contributed by atoms with van der Waals surface area (Å²) in [6.45, 7) is 5.95. The Morgan fingerprint density at radius 3 is 1.26 bits per heavy atom. The lowest BCUT2D eigenvalue weighted by molar-refractivity contribution is 0.160. The smallest absolute Gasteiger partial charge is 0.0443 e. The molecule has 0 atom stereocenters. The van der Waals surface area contributed by atoms with Gasteiger partial charge in [-0.05, 0) is 92.4 Å². The number of aliphatic hydroxyl groups excluding tert-OH is 1. The van der Waals surface area contributed by atoms with Gasteiger partial charge in [0.05, 0.1) is 0 Å². The summed E-state index contributed by atoms with van der Waals surface area (Å²) in [5.41, 5.74) is 5.79. The van der Waals surface area contributed by atoms with Crippen molar-refractivity contribution < 1.29 is 5.11 Å². The third-order valence-electron chi connectivity index (χ3n) is 9.23. The second-order valence-electron chi connectivity index (χ2n) is 11.9. The van der Waals surface area contributed by atoms with Gasteiger partial charge in [-0.2, -0.15) is 0 Å². The Hall–Kier alpha value is -3.24. The molecule has 42 heavy (non-hydrogen) atoms. The predicted molar refractivity (Wildman–Crippen MR) is 176 cm³/mol. The molecular formula is C39H48N2O. The van der Waals surface area contributed by atoms with Gasteiger partial charge in [-0.1, -0.05) is 121 Å². The number of rotatable bonds is 9. The van der Waals surface area contributed by atoms with Gasteiger partial charge < -0.3 is 15.3 Å². The second kappa shape index (κ2) is 16.4. The van der Waals surface area contributed by atoms with Gasteiger partial charge in [-0.25, -0.2) is 0 Å². The summed E-state index contributed by atoms with van der Waals surface area (Å²) in [5.74, 6) is 2.50. The van der Waals surface area contributed by atoms with Crippen LogP contribution in [0.15, 0.2) is 121 Å². The molecular weight excluding hydrogens is 512 g/mol. The van der Waals surface area contributed by atoms with Crippen molar-refractivity contribution in [1.82, 2.24) is 10.2 Å². The molecule has 0 aromatic heterocycles. The van der Waals surface area contributed by atoms with Crippen LogP contribution in [0.5, 0.6) is 0 Å². The van der Waals surface area contributed by atoms with Crippen molar-refractivity contribution in [1.29, 1.82) is 0 Å². The molecule has 2 N–H and O–H groups in total. The van der Waals surface area contributed by atoms with Crippen LogP contribution >= 0.6 is 0 Å². The standard InChI is InChI=1S/C21H27NO.C18H21N/c23-17-7-14-22-15-12-20(13-16-22)21(18-8-3-1-4-9-18)19-10-5-2-6-11-19;1-3-7-15(8-4-1)18(16-9-5-2-6-10-16)17-11-13-19-14-12-17/h1-6,8-11,20-21,23H,7,12-17H2;1-10,17-19H,11-14H2. The highest BCUT2D eigenvalue weighted by atomic mass is 16.3. The van der Waals surface area contributed by atoms with Crippen LogP contribution in [0.4, 0.5) is 0 Å². The average Bonchev–Trinajstić information content (AvgIpc) is 3.07. The van der Waals surface area contributed by atoms with Crippen LogP contribution in [0.2, 0.25) is 0 Å². The van der Waals surface area contributed by atoms with E-state index in [9.17, 15) is 0 Å². The zero-order chi connectivity index (χ0) is 28.8. The SMILES string of the molecule is OCCCN1CCC(C(c2ccccc2)c2ccccc2)CC1.c1ccc(C(c2ccccc2)C2CCNCC2)cc1. The Morgan fingerprint density at radius 2 is 0.905 bits per heavy atom. The van der Waals surface area contributed by atoms with Gasteiger partial charge in [0.1, 0.15) is 0 Å². The first-order chi connectivity index (χ1) is 20.8. The Morgan fingerprint density at radius 1 is 0.548 bits per heavy atom. The topological polar surface area (TPSA) is 35.5 Å². The second-order valence-corrected chi connectivity index (χ2v) is 11.9. The maximum absolute atomic E-state index is 9.01. The van der Waals surface area contributed by atoms with Crippen molar-refractivity contribution in [3.05, 3.63) is 144 Å². The molecule has 2 aliphatic rings. The van der Waals surface area contributed by atoms with Gasteiger partial charge >= 0.3 is 0 Å². The van der Waals surface area contributed by atoms with Crippen LogP contribution in [-0.4, -0.2) is 49.3 Å². The molecule has 0 saturated carbocycles. The molecule has 0 aliphatic carbocycles. The van der Waals surface area contributed by atoms with Crippen LogP contribution in [-0.2, 0) is 0 Å². The van der Waals surface area contributed by atoms with E-state index >= 15 is 0 Å². The van der Waals surface area contributed by atoms with E-state index < -0.39 is 0 Å². The summed E-state index contributed by atoms with van der Waals surface area (Å²) < 4.78 is 0. The number of benzene rings is 4. The number of nitrogens with zero attached hydrogens (tertiary/aromatic N) is 1. The van der Waals surface area contributed by atoms with Crippen molar-refractivity contribution in [2.75, 3.05) is 39.3 Å². The first kappa shape index (κ1) is 30.2. The molecule has 4 aromatic rings. The fourth-order valence-electron chi connectivity index (χ4n) is 7.10. The van der Waals surface area contributed by atoms with E-state index in [-0.39, 0.29) is 0 Å². The Kier molecular flexibility index (Phi) is 11.8. The molecule has 0 unspecified atom stereocenters. The Labute approximate surface area is 253 Å². The van der Waals surface area contributed by atoms with Crippen molar-refractivity contribution in [2.24, 2.45) is 11.8 Å². The Bertz CT molecular complexity index is 1170. The molecule has 0 radical (unpaired) electrons. The number of hydrogen-bond acceptors (Lipinski definition) is 3. The van der Waals surface area contributed by atoms with Crippen molar-refractivity contribution in [3.8, 4) is 0 Å². The zero-order valence-corrected chi connectivity index (χ0v) is 25.0. The molecule has 6 rings (SSSR count). The van der Waals surface area contributed by atoms with Gasteiger partial charge in [0.2, 0.25) is 0 Å². The van der Waals surface area contributed by atoms with E-state index in [1.807, 2.05) is 0 Å². The number of nitrogens with one attached hydrogen (secondary N) is 1. The van der Waals surface area contributed by atoms with Gasteiger partial charge in [0.25, 0.3) is 0 Å². The van der Waals surface area contributed by atoms with Crippen LogP contribution in [0.1, 0.15) is 66.2 Å². The van der Waals surface area contributed by atoms with Gasteiger partial charge in [0.15, 0.2) is 0 Å². The third-order valence-corrected chi connectivity index (χ3v) is 9.23. The lowest BCUT2D eigenvalue weighted by Gasteiger charge is -2.36. The normalized spacial score (nSPS) is 16.7. The largest absolute Gasteiger partial charge is 0.396 e. The highest BCUT2D eigenvalue weighted by Gasteiger charge is 2.29. The monoisotopic (exact) mass is 560 g/mol. The van der Waals surface area contributed by atoms with E-state index in [4.69, 9.17) is 5.11 Å². The van der Waals surface area contributed by atoms with Crippen LogP contribution in [0.3, 0.4) is 0 Å². The highest BCUT2D eigenvalue weighted by molar-refractivity contribution is 5.34. The molecule has 3 heteroatoms. The molecule has 3 nitrogen and oxygen atoms in total. The first-order valence-electron chi connectivity index (χ1n) is 16.1. The molecule has 0 bridgehead atoms. The lowest BCUT2D eigenvalue weighted by Crippen LogP contribution is -2.36. The third kappa shape index (κ3) is 8.41. The van der Waals surface area contributed by atoms with Gasteiger partial charge in [-0.15, -0.1) is 0 Å². The average molecular weight is 561 g/mol. The molecule has 220 valence electrons. The van der Waals surface area contributed by atoms with Gasteiger partial charge in [0, 0.05) is 25.0 Å². The highest BCUT2D eigenvalue weighted by Crippen LogP contribution is 2.38. The van der Waals surface area contributed by atoms with Crippen LogP contribution in [0, 0.1) is 11.8 Å². The van der Waals surface area contributed by atoms with Crippen molar-refractivity contribution in [3.63, 3.8) is 0 Å². The first-order valence-corrected chi connectivity index (χ1v) is 16.1. The predicted octanol–water partition coefficient (Wildman–Crippen LogP) is 7.73. The molecule has 2 fully saturated rings. The quantitative estimate of drug-likeness (QED) is 0.220. The maximum atomic E-state index is 9.01. The van der Waals surface area contributed by atoms with Crippen molar-refractivity contribution >= 4 is 0 Å². The van der Waals surface area contributed by atoms with Crippen LogP contribution < -0.4 is 5.32 Å². The lowest BCUT2D eigenvalue weighted by atomic mass is 9.76. The van der Waals surface area contributed by atoms with E-state index in [0.717, 1.165) is 45.1 Å². The minimum absolute atomic E-state index is 0.302. The maximum Gasteiger partial charge on any atom is 0.0443 e. The minimum Gasteiger partial charge on any atom is -0.396 e. The number of piperidine rings is 2. The molecule has 0 spiro atoms. The summed E-state index contributed by atoms with van der Waals surface area (Å²) in [5, 5.41) is 12.5. The number of likely N-dealkylation sites (tertiary alicyclic amines) is 1. The summed E-state index contributed by atoms with van der Waals surface area (Å²) in [4.78, 5) is 2.50. The van der Waals surface area contributed by atoms with Gasteiger partial charge in [-0.3, -0.25) is 0 Å². The molecule has 2 saturated heterocycles. The molecule has 2 heterocycles. The summed E-state index contributed by atoms with van der Waals surface area (Å²) in [6.07, 6.45) is 5.91. The molecule has 2 aliphatic heterocycles. The molecule has 0 amide bonds. The fraction of sp³-hybridized carbons (Fsp3) is 0.385.